The SMILES string of the molecule is CN=C(NCCCOCC1CCCO1)NCc1cccc(F)c1.I. The Hall–Kier alpha value is -0.930. The molecule has 1 aliphatic heterocycles. The van der Waals surface area contributed by atoms with Crippen molar-refractivity contribution in [3.05, 3.63) is 35.6 Å². The van der Waals surface area contributed by atoms with Gasteiger partial charge in [-0.2, -0.15) is 0 Å². The predicted molar refractivity (Wildman–Crippen MR) is 104 cm³/mol. The summed E-state index contributed by atoms with van der Waals surface area (Å²) >= 11 is 0. The zero-order chi connectivity index (χ0) is 16.3. The lowest BCUT2D eigenvalue weighted by Crippen LogP contribution is -2.37. The van der Waals surface area contributed by atoms with E-state index in [1.54, 1.807) is 13.1 Å². The van der Waals surface area contributed by atoms with E-state index in [0.29, 0.717) is 25.7 Å². The average molecular weight is 451 g/mol. The van der Waals surface area contributed by atoms with E-state index in [-0.39, 0.29) is 35.9 Å². The van der Waals surface area contributed by atoms with E-state index >= 15 is 0 Å². The molecule has 136 valence electrons. The van der Waals surface area contributed by atoms with Gasteiger partial charge in [0.1, 0.15) is 5.82 Å². The predicted octanol–water partition coefficient (Wildman–Crippen LogP) is 2.69. The molecule has 7 heteroatoms. The lowest BCUT2D eigenvalue weighted by molar-refractivity contribution is 0.0168. The zero-order valence-corrected chi connectivity index (χ0v) is 16.4. The van der Waals surface area contributed by atoms with Crippen molar-refractivity contribution in [1.29, 1.82) is 0 Å². The third kappa shape index (κ3) is 8.25. The first-order chi connectivity index (χ1) is 11.3. The van der Waals surface area contributed by atoms with E-state index < -0.39 is 0 Å². The molecule has 1 aliphatic rings. The Kier molecular flexibility index (Phi) is 10.9. The third-order valence-electron chi connectivity index (χ3n) is 3.66. The Morgan fingerprint density at radius 1 is 1.42 bits per heavy atom. The monoisotopic (exact) mass is 451 g/mol. The van der Waals surface area contributed by atoms with Gasteiger partial charge in [-0.1, -0.05) is 12.1 Å². The maximum absolute atomic E-state index is 13.1. The third-order valence-corrected chi connectivity index (χ3v) is 3.66. The molecule has 1 heterocycles. The molecular weight excluding hydrogens is 424 g/mol. The molecule has 1 aromatic carbocycles. The molecule has 1 atom stereocenters. The summed E-state index contributed by atoms with van der Waals surface area (Å²) in [5, 5.41) is 6.38. The number of nitrogens with one attached hydrogen (secondary N) is 2. The molecule has 1 aromatic rings. The number of hydrogen-bond donors (Lipinski definition) is 2. The quantitative estimate of drug-likeness (QED) is 0.276. The summed E-state index contributed by atoms with van der Waals surface area (Å²) in [5.41, 5.74) is 0.882. The fourth-order valence-electron chi connectivity index (χ4n) is 2.42. The van der Waals surface area contributed by atoms with E-state index in [1.807, 2.05) is 6.07 Å². The number of aliphatic imine (C=N–C) groups is 1. The van der Waals surface area contributed by atoms with Crippen LogP contribution in [0.1, 0.15) is 24.8 Å². The van der Waals surface area contributed by atoms with Gasteiger partial charge >= 0.3 is 0 Å². The van der Waals surface area contributed by atoms with Gasteiger partial charge in [0, 0.05) is 33.4 Å². The van der Waals surface area contributed by atoms with E-state index in [1.165, 1.54) is 12.1 Å². The normalized spacial score (nSPS) is 17.4. The Morgan fingerprint density at radius 3 is 3.00 bits per heavy atom. The fraction of sp³-hybridized carbons (Fsp3) is 0.588. The summed E-state index contributed by atoms with van der Waals surface area (Å²) in [6.45, 7) is 3.56. The van der Waals surface area contributed by atoms with Crippen molar-refractivity contribution in [2.24, 2.45) is 4.99 Å². The average Bonchev–Trinajstić information content (AvgIpc) is 3.07. The van der Waals surface area contributed by atoms with Crippen LogP contribution in [0.4, 0.5) is 4.39 Å². The van der Waals surface area contributed by atoms with Crippen LogP contribution >= 0.6 is 24.0 Å². The van der Waals surface area contributed by atoms with Gasteiger partial charge in [-0.05, 0) is 37.0 Å². The van der Waals surface area contributed by atoms with E-state index in [0.717, 1.165) is 38.0 Å². The smallest absolute Gasteiger partial charge is 0.191 e. The number of ether oxygens (including phenoxy) is 2. The summed E-state index contributed by atoms with van der Waals surface area (Å²) < 4.78 is 24.2. The van der Waals surface area contributed by atoms with E-state index in [4.69, 9.17) is 9.47 Å². The van der Waals surface area contributed by atoms with Crippen LogP contribution < -0.4 is 10.6 Å². The molecule has 24 heavy (non-hydrogen) atoms. The molecule has 1 fully saturated rings. The van der Waals surface area contributed by atoms with Gasteiger partial charge in [-0.15, -0.1) is 24.0 Å². The maximum atomic E-state index is 13.1. The molecule has 2 N–H and O–H groups in total. The fourth-order valence-corrected chi connectivity index (χ4v) is 2.42. The van der Waals surface area contributed by atoms with Crippen molar-refractivity contribution in [3.63, 3.8) is 0 Å². The van der Waals surface area contributed by atoms with Gasteiger partial charge in [0.05, 0.1) is 12.7 Å². The molecule has 0 bridgehead atoms. The second-order valence-electron chi connectivity index (χ2n) is 5.55. The van der Waals surface area contributed by atoms with Crippen molar-refractivity contribution in [3.8, 4) is 0 Å². The standard InChI is InChI=1S/C17H26FN3O2.HI/c1-19-17(21-12-14-5-2-6-15(18)11-14)20-8-4-9-22-13-16-7-3-10-23-16;/h2,5-6,11,16H,3-4,7-10,12-13H2,1H3,(H2,19,20,21);1H. The zero-order valence-electron chi connectivity index (χ0n) is 14.1. The highest BCUT2D eigenvalue weighted by atomic mass is 127. The topological polar surface area (TPSA) is 54.9 Å². The first kappa shape index (κ1) is 21.1. The van der Waals surface area contributed by atoms with Crippen LogP contribution in [0.25, 0.3) is 0 Å². The number of hydrogen-bond acceptors (Lipinski definition) is 3. The highest BCUT2D eigenvalue weighted by molar-refractivity contribution is 14.0. The van der Waals surface area contributed by atoms with Crippen molar-refractivity contribution in [1.82, 2.24) is 10.6 Å². The summed E-state index contributed by atoms with van der Waals surface area (Å²) in [6.07, 6.45) is 3.43. The molecule has 0 radical (unpaired) electrons. The first-order valence-electron chi connectivity index (χ1n) is 8.16. The molecule has 0 aromatic heterocycles. The number of guanidine groups is 1. The van der Waals surface area contributed by atoms with Crippen LogP contribution in [0.15, 0.2) is 29.3 Å². The minimum atomic E-state index is -0.226. The van der Waals surface area contributed by atoms with Crippen LogP contribution in [-0.4, -0.2) is 45.5 Å². The number of nitrogens with zero attached hydrogens (tertiary/aromatic N) is 1. The van der Waals surface area contributed by atoms with E-state index in [2.05, 4.69) is 15.6 Å². The molecule has 0 amide bonds. The van der Waals surface area contributed by atoms with Crippen molar-refractivity contribution >= 4 is 29.9 Å². The molecule has 0 spiro atoms. The Balaban J connectivity index is 0.00000288. The Morgan fingerprint density at radius 2 is 2.29 bits per heavy atom. The van der Waals surface area contributed by atoms with Crippen LogP contribution in [0.5, 0.6) is 0 Å². The van der Waals surface area contributed by atoms with Crippen LogP contribution in [0.3, 0.4) is 0 Å². The molecule has 5 nitrogen and oxygen atoms in total. The lowest BCUT2D eigenvalue weighted by atomic mass is 10.2. The summed E-state index contributed by atoms with van der Waals surface area (Å²) in [5.74, 6) is 0.476. The summed E-state index contributed by atoms with van der Waals surface area (Å²) in [4.78, 5) is 4.15. The van der Waals surface area contributed by atoms with Crippen molar-refractivity contribution < 1.29 is 13.9 Å². The molecule has 1 saturated heterocycles. The second-order valence-corrected chi connectivity index (χ2v) is 5.55. The van der Waals surface area contributed by atoms with Gasteiger partial charge in [-0.25, -0.2) is 4.39 Å². The van der Waals surface area contributed by atoms with Crippen LogP contribution in [0.2, 0.25) is 0 Å². The Labute approximate surface area is 160 Å². The van der Waals surface area contributed by atoms with Crippen LogP contribution in [-0.2, 0) is 16.0 Å². The second kappa shape index (κ2) is 12.4. The van der Waals surface area contributed by atoms with E-state index in [9.17, 15) is 4.39 Å². The van der Waals surface area contributed by atoms with Crippen LogP contribution in [0, 0.1) is 5.82 Å². The molecule has 0 saturated carbocycles. The molecule has 1 unspecified atom stereocenters. The number of benzene rings is 1. The van der Waals surface area contributed by atoms with Gasteiger partial charge < -0.3 is 20.1 Å². The summed E-state index contributed by atoms with van der Waals surface area (Å²) in [7, 11) is 1.72. The highest BCUT2D eigenvalue weighted by Gasteiger charge is 2.14. The molecule has 2 rings (SSSR count). The maximum Gasteiger partial charge on any atom is 0.191 e. The Bertz CT molecular complexity index is 496. The minimum Gasteiger partial charge on any atom is -0.379 e. The first-order valence-corrected chi connectivity index (χ1v) is 8.16. The highest BCUT2D eigenvalue weighted by Crippen LogP contribution is 2.11. The lowest BCUT2D eigenvalue weighted by Gasteiger charge is -2.13. The largest absolute Gasteiger partial charge is 0.379 e. The molecular formula is C17H27FIN3O2. The van der Waals surface area contributed by atoms with Crippen molar-refractivity contribution in [2.45, 2.75) is 31.9 Å². The minimum absolute atomic E-state index is 0. The molecule has 0 aliphatic carbocycles. The van der Waals surface area contributed by atoms with Gasteiger partial charge in [0.2, 0.25) is 0 Å². The number of halogens is 2. The van der Waals surface area contributed by atoms with Crippen molar-refractivity contribution in [2.75, 3.05) is 33.4 Å². The number of rotatable bonds is 8. The summed E-state index contributed by atoms with van der Waals surface area (Å²) in [6, 6.07) is 6.53. The van der Waals surface area contributed by atoms with Gasteiger partial charge in [-0.3, -0.25) is 4.99 Å². The van der Waals surface area contributed by atoms with Gasteiger partial charge in [0.25, 0.3) is 0 Å². The van der Waals surface area contributed by atoms with Gasteiger partial charge in [0.15, 0.2) is 5.96 Å².